The van der Waals surface area contributed by atoms with E-state index < -0.39 is 6.10 Å². The van der Waals surface area contributed by atoms with Crippen LogP contribution in [-0.4, -0.2) is 28.8 Å². The maximum Gasteiger partial charge on any atom is 0.315 e. The third-order valence-corrected chi connectivity index (χ3v) is 3.99. The second kappa shape index (κ2) is 8.26. The number of aliphatic hydroxyl groups excluding tert-OH is 1. The minimum atomic E-state index is -0.616. The third-order valence-electron chi connectivity index (χ3n) is 3.99. The molecule has 2 aromatic carbocycles. The van der Waals surface area contributed by atoms with Crippen molar-refractivity contribution >= 4 is 16.9 Å². The number of pyridine rings is 1. The van der Waals surface area contributed by atoms with Crippen molar-refractivity contribution in [3.05, 3.63) is 78.0 Å². The monoisotopic (exact) mass is 335 g/mol. The summed E-state index contributed by atoms with van der Waals surface area (Å²) in [4.78, 5) is 16.3. The lowest BCUT2D eigenvalue weighted by molar-refractivity contribution is 0.170. The third kappa shape index (κ3) is 4.78. The highest BCUT2D eigenvalue weighted by Crippen LogP contribution is 2.15. The van der Waals surface area contributed by atoms with Crippen LogP contribution in [0.3, 0.4) is 0 Å². The summed E-state index contributed by atoms with van der Waals surface area (Å²) < 4.78 is 0. The van der Waals surface area contributed by atoms with Gasteiger partial charge in [0.15, 0.2) is 0 Å². The number of carbonyl (C=O) groups is 1. The fraction of sp³-hybridized carbons (Fsp3) is 0.200. The Labute approximate surface area is 146 Å². The van der Waals surface area contributed by atoms with Crippen molar-refractivity contribution in [2.24, 2.45) is 0 Å². The van der Waals surface area contributed by atoms with Crippen LogP contribution in [0.25, 0.3) is 10.9 Å². The fourth-order valence-electron chi connectivity index (χ4n) is 2.72. The number of carbonyl (C=O) groups excluding carboxylic acids is 1. The summed E-state index contributed by atoms with van der Waals surface area (Å²) in [5.41, 5.74) is 2.95. The molecule has 0 bridgehead atoms. The van der Waals surface area contributed by atoms with Gasteiger partial charge in [0, 0.05) is 31.1 Å². The number of para-hydroxylation sites is 1. The van der Waals surface area contributed by atoms with Gasteiger partial charge in [0.05, 0.1) is 11.6 Å². The van der Waals surface area contributed by atoms with E-state index >= 15 is 0 Å². The molecule has 25 heavy (non-hydrogen) atoms. The van der Waals surface area contributed by atoms with Crippen LogP contribution in [0.2, 0.25) is 0 Å². The Balaban J connectivity index is 1.48. The number of nitrogens with zero attached hydrogens (tertiary/aromatic N) is 1. The molecule has 3 aromatic rings. The number of amides is 2. The molecule has 3 rings (SSSR count). The second-order valence-electron chi connectivity index (χ2n) is 5.89. The average Bonchev–Trinajstić information content (AvgIpc) is 2.65. The summed E-state index contributed by atoms with van der Waals surface area (Å²) in [6.07, 6.45) is 1.63. The predicted octanol–water partition coefficient (Wildman–Crippen LogP) is 2.64. The van der Waals surface area contributed by atoms with Crippen molar-refractivity contribution in [1.82, 2.24) is 15.6 Å². The van der Waals surface area contributed by atoms with E-state index in [1.165, 1.54) is 0 Å². The number of hydrogen-bond acceptors (Lipinski definition) is 3. The van der Waals surface area contributed by atoms with Crippen molar-refractivity contribution in [2.75, 3.05) is 6.54 Å². The molecule has 0 aliphatic heterocycles. The molecular weight excluding hydrogens is 314 g/mol. The van der Waals surface area contributed by atoms with Gasteiger partial charge in [0.1, 0.15) is 0 Å². The first-order valence-electron chi connectivity index (χ1n) is 8.28. The molecule has 0 saturated heterocycles. The molecule has 0 aliphatic rings. The summed E-state index contributed by atoms with van der Waals surface area (Å²) >= 11 is 0. The number of aromatic nitrogens is 1. The molecule has 0 radical (unpaired) electrons. The largest absolute Gasteiger partial charge is 0.391 e. The molecule has 0 aliphatic carbocycles. The van der Waals surface area contributed by atoms with E-state index in [0.717, 1.165) is 22.0 Å². The van der Waals surface area contributed by atoms with Crippen LogP contribution in [0.4, 0.5) is 4.79 Å². The number of benzene rings is 2. The van der Waals surface area contributed by atoms with Crippen LogP contribution in [0.1, 0.15) is 11.1 Å². The quantitative estimate of drug-likeness (QED) is 0.648. The molecule has 1 heterocycles. The number of rotatable bonds is 6. The van der Waals surface area contributed by atoms with Crippen LogP contribution >= 0.6 is 0 Å². The molecule has 0 saturated carbocycles. The SMILES string of the molecule is O=C(NCc1ccnc2ccccc12)NCC(O)Cc1ccccc1. The maximum absolute atomic E-state index is 12.0. The first-order valence-corrected chi connectivity index (χ1v) is 8.28. The maximum atomic E-state index is 12.0. The van der Waals surface area contributed by atoms with Gasteiger partial charge in [0.2, 0.25) is 0 Å². The molecule has 2 amide bonds. The standard InChI is InChI=1S/C20H21N3O2/c24-17(12-15-6-2-1-3-7-15)14-23-20(25)22-13-16-10-11-21-19-9-5-4-8-18(16)19/h1-11,17,24H,12-14H2,(H2,22,23,25). The minimum absolute atomic E-state index is 0.206. The number of hydrogen-bond donors (Lipinski definition) is 3. The van der Waals surface area contributed by atoms with Crippen molar-refractivity contribution < 1.29 is 9.90 Å². The Hall–Kier alpha value is -2.92. The van der Waals surface area contributed by atoms with Gasteiger partial charge >= 0.3 is 6.03 Å². The zero-order chi connectivity index (χ0) is 17.5. The van der Waals surface area contributed by atoms with E-state index in [0.29, 0.717) is 13.0 Å². The number of nitrogens with one attached hydrogen (secondary N) is 2. The van der Waals surface area contributed by atoms with Crippen LogP contribution in [0.15, 0.2) is 66.9 Å². The van der Waals surface area contributed by atoms with Crippen LogP contribution in [-0.2, 0) is 13.0 Å². The lowest BCUT2D eigenvalue weighted by Gasteiger charge is -2.13. The van der Waals surface area contributed by atoms with Crippen molar-refractivity contribution in [2.45, 2.75) is 19.1 Å². The number of urea groups is 1. The first kappa shape index (κ1) is 16.9. The summed E-state index contributed by atoms with van der Waals surface area (Å²) in [5, 5.41) is 16.6. The van der Waals surface area contributed by atoms with Crippen LogP contribution in [0, 0.1) is 0 Å². The molecule has 3 N–H and O–H groups in total. The van der Waals surface area contributed by atoms with E-state index in [9.17, 15) is 9.90 Å². The Bertz CT molecular complexity index is 831. The smallest absolute Gasteiger partial charge is 0.315 e. The highest BCUT2D eigenvalue weighted by atomic mass is 16.3. The zero-order valence-electron chi connectivity index (χ0n) is 13.9. The zero-order valence-corrected chi connectivity index (χ0v) is 13.9. The van der Waals surface area contributed by atoms with E-state index in [-0.39, 0.29) is 12.6 Å². The lowest BCUT2D eigenvalue weighted by Crippen LogP contribution is -2.40. The van der Waals surface area contributed by atoms with Gasteiger partial charge in [0.25, 0.3) is 0 Å². The van der Waals surface area contributed by atoms with Gasteiger partial charge in [-0.25, -0.2) is 4.79 Å². The van der Waals surface area contributed by atoms with Gasteiger partial charge in [-0.3, -0.25) is 4.98 Å². The van der Waals surface area contributed by atoms with E-state index in [4.69, 9.17) is 0 Å². The molecule has 5 heteroatoms. The van der Waals surface area contributed by atoms with Crippen molar-refractivity contribution in [1.29, 1.82) is 0 Å². The Morgan fingerprint density at radius 2 is 1.76 bits per heavy atom. The Morgan fingerprint density at radius 1 is 1.00 bits per heavy atom. The van der Waals surface area contributed by atoms with Gasteiger partial charge in [-0.15, -0.1) is 0 Å². The summed E-state index contributed by atoms with van der Waals surface area (Å²) in [7, 11) is 0. The molecule has 0 fully saturated rings. The predicted molar refractivity (Wildman–Crippen MR) is 98.1 cm³/mol. The highest BCUT2D eigenvalue weighted by Gasteiger charge is 2.08. The van der Waals surface area contributed by atoms with E-state index in [2.05, 4.69) is 15.6 Å². The highest BCUT2D eigenvalue weighted by molar-refractivity contribution is 5.82. The summed E-state index contributed by atoms with van der Waals surface area (Å²) in [5.74, 6) is 0. The van der Waals surface area contributed by atoms with E-state index in [1.54, 1.807) is 6.20 Å². The normalized spacial score (nSPS) is 11.9. The second-order valence-corrected chi connectivity index (χ2v) is 5.89. The number of fused-ring (bicyclic) bond motifs is 1. The van der Waals surface area contributed by atoms with Gasteiger partial charge in [-0.1, -0.05) is 48.5 Å². The van der Waals surface area contributed by atoms with Crippen LogP contribution in [0.5, 0.6) is 0 Å². The molecular formula is C20H21N3O2. The minimum Gasteiger partial charge on any atom is -0.391 e. The molecule has 128 valence electrons. The summed E-state index contributed by atoms with van der Waals surface area (Å²) in [6.45, 7) is 0.613. The van der Waals surface area contributed by atoms with Crippen molar-refractivity contribution in [3.8, 4) is 0 Å². The topological polar surface area (TPSA) is 74.2 Å². The van der Waals surface area contributed by atoms with Crippen LogP contribution < -0.4 is 10.6 Å². The molecule has 5 nitrogen and oxygen atoms in total. The first-order chi connectivity index (χ1) is 12.2. The molecule has 1 atom stereocenters. The Morgan fingerprint density at radius 3 is 2.60 bits per heavy atom. The average molecular weight is 335 g/mol. The van der Waals surface area contributed by atoms with E-state index in [1.807, 2.05) is 60.7 Å². The van der Waals surface area contributed by atoms with Gasteiger partial charge in [-0.05, 0) is 23.3 Å². The van der Waals surface area contributed by atoms with Crippen molar-refractivity contribution in [3.63, 3.8) is 0 Å². The molecule has 0 spiro atoms. The summed E-state index contributed by atoms with van der Waals surface area (Å²) in [6, 6.07) is 19.1. The Kier molecular flexibility index (Phi) is 5.59. The molecule has 1 unspecified atom stereocenters. The van der Waals surface area contributed by atoms with Gasteiger partial charge in [-0.2, -0.15) is 0 Å². The lowest BCUT2D eigenvalue weighted by atomic mass is 10.1. The number of aliphatic hydroxyl groups is 1. The van der Waals surface area contributed by atoms with Gasteiger partial charge < -0.3 is 15.7 Å². The fourth-order valence-corrected chi connectivity index (χ4v) is 2.72. The molecule has 1 aromatic heterocycles.